The van der Waals surface area contributed by atoms with E-state index in [0.29, 0.717) is 22.2 Å². The monoisotopic (exact) mass is 287 g/mol. The molecule has 1 aliphatic carbocycles. The minimum atomic E-state index is -0.305. The summed E-state index contributed by atoms with van der Waals surface area (Å²) in [6, 6.07) is 4.79. The van der Waals surface area contributed by atoms with Gasteiger partial charge in [0.2, 0.25) is 0 Å². The highest BCUT2D eigenvalue weighted by Crippen LogP contribution is 2.25. The van der Waals surface area contributed by atoms with Gasteiger partial charge in [0.25, 0.3) is 5.91 Å². The summed E-state index contributed by atoms with van der Waals surface area (Å²) in [7, 11) is 0. The molecule has 98 valence electrons. The van der Waals surface area contributed by atoms with E-state index in [2.05, 4.69) is 5.32 Å². The number of amides is 1. The van der Waals surface area contributed by atoms with E-state index < -0.39 is 0 Å². The second-order valence-electron chi connectivity index (χ2n) is 4.59. The van der Waals surface area contributed by atoms with E-state index in [1.165, 1.54) is 0 Å². The Kier molecular flexibility index (Phi) is 4.49. The third kappa shape index (κ3) is 3.16. The molecule has 0 aromatic heterocycles. The first kappa shape index (κ1) is 13.7. The minimum absolute atomic E-state index is 0.145. The molecule has 5 heteroatoms. The van der Waals surface area contributed by atoms with Crippen LogP contribution in [0.1, 0.15) is 29.6 Å². The smallest absolute Gasteiger partial charge is 0.252 e. The lowest BCUT2D eigenvalue weighted by molar-refractivity contribution is 0.0917. The Balaban J connectivity index is 1.97. The van der Waals surface area contributed by atoms with Crippen molar-refractivity contribution in [3.63, 3.8) is 0 Å². The number of hydrogen-bond acceptors (Lipinski definition) is 2. The molecule has 3 nitrogen and oxygen atoms in total. The number of benzene rings is 1. The van der Waals surface area contributed by atoms with Gasteiger partial charge in [0.15, 0.2) is 0 Å². The third-order valence-electron chi connectivity index (χ3n) is 3.32. The van der Waals surface area contributed by atoms with Crippen molar-refractivity contribution in [2.24, 2.45) is 5.92 Å². The predicted octanol–water partition coefficient (Wildman–Crippen LogP) is 2.88. The number of hydrogen-bond donors (Lipinski definition) is 2. The molecule has 0 saturated heterocycles. The van der Waals surface area contributed by atoms with Crippen LogP contribution in [0, 0.1) is 5.92 Å². The van der Waals surface area contributed by atoms with E-state index in [0.717, 1.165) is 19.3 Å². The highest BCUT2D eigenvalue weighted by Gasteiger charge is 2.25. The van der Waals surface area contributed by atoms with E-state index in [1.54, 1.807) is 18.2 Å². The van der Waals surface area contributed by atoms with E-state index in [4.69, 9.17) is 23.2 Å². The Labute approximate surface area is 116 Å². The number of rotatable bonds is 3. The Bertz CT molecular complexity index is 451. The number of aliphatic hydroxyl groups excluding tert-OH is 1. The molecule has 2 unspecified atom stereocenters. The molecular formula is C13H15Cl2NO2. The Morgan fingerprint density at radius 3 is 2.83 bits per heavy atom. The van der Waals surface area contributed by atoms with E-state index in [-0.39, 0.29) is 17.9 Å². The molecule has 0 aliphatic heterocycles. The SMILES string of the molecule is O=C(NCC1CCCC1O)c1cc(Cl)ccc1Cl. The molecule has 1 aromatic carbocycles. The molecule has 2 rings (SSSR count). The summed E-state index contributed by atoms with van der Waals surface area (Å²) in [5.74, 6) is -0.103. The van der Waals surface area contributed by atoms with Gasteiger partial charge >= 0.3 is 0 Å². The highest BCUT2D eigenvalue weighted by atomic mass is 35.5. The zero-order valence-electron chi connectivity index (χ0n) is 9.83. The number of carbonyl (C=O) groups is 1. The lowest BCUT2D eigenvalue weighted by Gasteiger charge is -2.15. The van der Waals surface area contributed by atoms with Gasteiger partial charge < -0.3 is 10.4 Å². The van der Waals surface area contributed by atoms with Crippen LogP contribution in [0.4, 0.5) is 0 Å². The topological polar surface area (TPSA) is 49.3 Å². The van der Waals surface area contributed by atoms with Gasteiger partial charge in [0, 0.05) is 17.5 Å². The Morgan fingerprint density at radius 2 is 2.17 bits per heavy atom. The molecule has 1 aliphatic rings. The molecule has 18 heavy (non-hydrogen) atoms. The van der Waals surface area contributed by atoms with Crippen LogP contribution < -0.4 is 5.32 Å². The molecule has 0 radical (unpaired) electrons. The standard InChI is InChI=1S/C13H15Cl2NO2/c14-9-4-5-11(15)10(6-9)13(18)16-7-8-2-1-3-12(8)17/h4-6,8,12,17H,1-3,7H2,(H,16,18). The second kappa shape index (κ2) is 5.91. The van der Waals surface area contributed by atoms with Crippen molar-refractivity contribution in [2.75, 3.05) is 6.54 Å². The molecule has 1 amide bonds. The van der Waals surface area contributed by atoms with Crippen LogP contribution in [0.3, 0.4) is 0 Å². The molecule has 0 spiro atoms. The normalized spacial score (nSPS) is 23.1. The van der Waals surface area contributed by atoms with Gasteiger partial charge in [0.1, 0.15) is 0 Å². The number of nitrogens with one attached hydrogen (secondary N) is 1. The minimum Gasteiger partial charge on any atom is -0.393 e. The van der Waals surface area contributed by atoms with Crippen LogP contribution in [0.5, 0.6) is 0 Å². The van der Waals surface area contributed by atoms with Crippen molar-refractivity contribution >= 4 is 29.1 Å². The third-order valence-corrected chi connectivity index (χ3v) is 3.88. The van der Waals surface area contributed by atoms with Crippen LogP contribution in [0.2, 0.25) is 10.0 Å². The largest absolute Gasteiger partial charge is 0.393 e. The Morgan fingerprint density at radius 1 is 1.39 bits per heavy atom. The van der Waals surface area contributed by atoms with Gasteiger partial charge in [-0.1, -0.05) is 29.6 Å². The fourth-order valence-electron chi connectivity index (χ4n) is 2.25. The van der Waals surface area contributed by atoms with Gasteiger partial charge in [-0.05, 0) is 31.0 Å². The first-order chi connectivity index (χ1) is 8.58. The summed E-state index contributed by atoms with van der Waals surface area (Å²) in [5, 5.41) is 13.3. The molecule has 2 atom stereocenters. The van der Waals surface area contributed by atoms with Crippen LogP contribution in [-0.4, -0.2) is 23.7 Å². The van der Waals surface area contributed by atoms with Crippen LogP contribution in [0.15, 0.2) is 18.2 Å². The average Bonchev–Trinajstić information content (AvgIpc) is 2.75. The predicted molar refractivity (Wildman–Crippen MR) is 72.1 cm³/mol. The maximum Gasteiger partial charge on any atom is 0.252 e. The fourth-order valence-corrected chi connectivity index (χ4v) is 2.62. The summed E-state index contributed by atoms with van der Waals surface area (Å²) in [4.78, 5) is 11.9. The zero-order chi connectivity index (χ0) is 13.1. The van der Waals surface area contributed by atoms with Crippen molar-refractivity contribution in [3.8, 4) is 0 Å². The molecular weight excluding hydrogens is 273 g/mol. The average molecular weight is 288 g/mol. The van der Waals surface area contributed by atoms with Crippen LogP contribution in [0.25, 0.3) is 0 Å². The first-order valence-corrected chi connectivity index (χ1v) is 6.75. The van der Waals surface area contributed by atoms with Crippen LogP contribution in [-0.2, 0) is 0 Å². The molecule has 0 bridgehead atoms. The Hall–Kier alpha value is -0.770. The van der Waals surface area contributed by atoms with Crippen molar-refractivity contribution < 1.29 is 9.90 Å². The number of carbonyl (C=O) groups excluding carboxylic acids is 1. The van der Waals surface area contributed by atoms with Crippen LogP contribution >= 0.6 is 23.2 Å². The van der Waals surface area contributed by atoms with Crippen molar-refractivity contribution in [2.45, 2.75) is 25.4 Å². The molecule has 1 saturated carbocycles. The van der Waals surface area contributed by atoms with E-state index in [9.17, 15) is 9.90 Å². The first-order valence-electron chi connectivity index (χ1n) is 5.99. The van der Waals surface area contributed by atoms with Gasteiger partial charge in [-0.2, -0.15) is 0 Å². The zero-order valence-corrected chi connectivity index (χ0v) is 11.3. The maximum atomic E-state index is 11.9. The van der Waals surface area contributed by atoms with Crippen molar-refractivity contribution in [3.05, 3.63) is 33.8 Å². The number of aliphatic hydroxyl groups is 1. The molecule has 1 aromatic rings. The van der Waals surface area contributed by atoms with Gasteiger partial charge in [-0.3, -0.25) is 4.79 Å². The van der Waals surface area contributed by atoms with Gasteiger partial charge in [-0.15, -0.1) is 0 Å². The quantitative estimate of drug-likeness (QED) is 0.898. The summed E-state index contributed by atoms with van der Waals surface area (Å²) in [6.07, 6.45) is 2.48. The van der Waals surface area contributed by atoms with E-state index in [1.807, 2.05) is 0 Å². The summed E-state index contributed by atoms with van der Waals surface area (Å²) in [6.45, 7) is 0.475. The summed E-state index contributed by atoms with van der Waals surface area (Å²) in [5.41, 5.74) is 0.372. The van der Waals surface area contributed by atoms with Gasteiger partial charge in [-0.25, -0.2) is 0 Å². The van der Waals surface area contributed by atoms with E-state index >= 15 is 0 Å². The van der Waals surface area contributed by atoms with Crippen molar-refractivity contribution in [1.82, 2.24) is 5.32 Å². The maximum absolute atomic E-state index is 11.9. The summed E-state index contributed by atoms with van der Waals surface area (Å²) < 4.78 is 0. The van der Waals surface area contributed by atoms with Crippen molar-refractivity contribution in [1.29, 1.82) is 0 Å². The molecule has 1 fully saturated rings. The molecule has 0 heterocycles. The second-order valence-corrected chi connectivity index (χ2v) is 5.44. The summed E-state index contributed by atoms with van der Waals surface area (Å²) >= 11 is 11.8. The molecule has 2 N–H and O–H groups in total. The highest BCUT2D eigenvalue weighted by molar-refractivity contribution is 6.35. The number of halogens is 2. The lowest BCUT2D eigenvalue weighted by atomic mass is 10.1. The lowest BCUT2D eigenvalue weighted by Crippen LogP contribution is -2.32. The fraction of sp³-hybridized carbons (Fsp3) is 0.462. The van der Waals surface area contributed by atoms with Gasteiger partial charge in [0.05, 0.1) is 16.7 Å².